The van der Waals surface area contributed by atoms with E-state index in [0.29, 0.717) is 23.3 Å². The molecule has 5 heteroatoms. The summed E-state index contributed by atoms with van der Waals surface area (Å²) in [5.41, 5.74) is 0.845. The summed E-state index contributed by atoms with van der Waals surface area (Å²) in [6, 6.07) is 8.03. The number of anilines is 1. The third-order valence-electron chi connectivity index (χ3n) is 2.17. The van der Waals surface area contributed by atoms with Gasteiger partial charge in [0.2, 0.25) is 0 Å². The smallest absolute Gasteiger partial charge is 0.134 e. The Kier molecular flexibility index (Phi) is 3.54. The van der Waals surface area contributed by atoms with E-state index >= 15 is 0 Å². The molecule has 0 fully saturated rings. The van der Waals surface area contributed by atoms with E-state index < -0.39 is 0 Å². The molecule has 0 bridgehead atoms. The van der Waals surface area contributed by atoms with Crippen molar-refractivity contribution >= 4 is 17.4 Å². The zero-order valence-corrected chi connectivity index (χ0v) is 10.0. The van der Waals surface area contributed by atoms with Crippen molar-refractivity contribution in [2.45, 2.75) is 13.5 Å². The normalized spacial score (nSPS) is 10.3. The average molecular weight is 252 g/mol. The van der Waals surface area contributed by atoms with E-state index in [9.17, 15) is 4.39 Å². The number of aryl methyl sites for hydroxylation is 1. The van der Waals surface area contributed by atoms with Crippen molar-refractivity contribution in [3.05, 3.63) is 52.7 Å². The lowest BCUT2D eigenvalue weighted by atomic mass is 10.2. The average Bonchev–Trinajstić information content (AvgIpc) is 2.25. The molecule has 1 N–H and O–H groups in total. The van der Waals surface area contributed by atoms with Crippen molar-refractivity contribution in [1.82, 2.24) is 9.97 Å². The Bertz CT molecular complexity index is 511. The highest BCUT2D eigenvalue weighted by atomic mass is 35.5. The zero-order chi connectivity index (χ0) is 12.3. The third-order valence-corrected chi connectivity index (χ3v) is 2.36. The van der Waals surface area contributed by atoms with Gasteiger partial charge >= 0.3 is 0 Å². The van der Waals surface area contributed by atoms with Crippen LogP contribution in [0.5, 0.6) is 0 Å². The first-order valence-corrected chi connectivity index (χ1v) is 5.51. The van der Waals surface area contributed by atoms with Gasteiger partial charge < -0.3 is 5.32 Å². The first-order valence-electron chi connectivity index (χ1n) is 5.13. The minimum Gasteiger partial charge on any atom is -0.366 e. The van der Waals surface area contributed by atoms with Crippen LogP contribution in [-0.4, -0.2) is 9.97 Å². The molecule has 1 aromatic carbocycles. The van der Waals surface area contributed by atoms with Gasteiger partial charge in [-0.15, -0.1) is 0 Å². The molecule has 0 aliphatic carbocycles. The molecule has 0 atom stereocenters. The van der Waals surface area contributed by atoms with Crippen LogP contribution in [0.1, 0.15) is 11.4 Å². The topological polar surface area (TPSA) is 37.8 Å². The van der Waals surface area contributed by atoms with E-state index in [1.165, 1.54) is 12.1 Å². The van der Waals surface area contributed by atoms with Gasteiger partial charge in [-0.25, -0.2) is 14.4 Å². The maximum atomic E-state index is 12.9. The van der Waals surface area contributed by atoms with Crippen LogP contribution in [0.25, 0.3) is 0 Å². The maximum Gasteiger partial charge on any atom is 0.134 e. The summed E-state index contributed by atoms with van der Waals surface area (Å²) >= 11 is 5.81. The highest BCUT2D eigenvalue weighted by Crippen LogP contribution is 2.12. The first-order chi connectivity index (χ1) is 8.13. The van der Waals surface area contributed by atoms with E-state index in [-0.39, 0.29) is 5.82 Å². The molecule has 0 amide bonds. The molecular weight excluding hydrogens is 241 g/mol. The van der Waals surface area contributed by atoms with Gasteiger partial charge in [-0.2, -0.15) is 0 Å². The number of nitrogens with one attached hydrogen (secondary N) is 1. The fourth-order valence-corrected chi connectivity index (χ4v) is 1.69. The molecule has 88 valence electrons. The second-order valence-corrected chi connectivity index (χ2v) is 3.99. The SMILES string of the molecule is Cc1nc(Cl)cc(NCc2cccc(F)c2)n1. The van der Waals surface area contributed by atoms with Gasteiger partial charge in [-0.3, -0.25) is 0 Å². The van der Waals surface area contributed by atoms with Crippen molar-refractivity contribution in [2.24, 2.45) is 0 Å². The van der Waals surface area contributed by atoms with E-state index in [2.05, 4.69) is 15.3 Å². The van der Waals surface area contributed by atoms with Crippen LogP contribution >= 0.6 is 11.6 Å². The highest BCUT2D eigenvalue weighted by molar-refractivity contribution is 6.29. The molecule has 2 rings (SSSR count). The third kappa shape index (κ3) is 3.39. The number of nitrogens with zero attached hydrogens (tertiary/aromatic N) is 2. The van der Waals surface area contributed by atoms with Crippen LogP contribution in [0.3, 0.4) is 0 Å². The van der Waals surface area contributed by atoms with Crippen LogP contribution < -0.4 is 5.32 Å². The zero-order valence-electron chi connectivity index (χ0n) is 9.24. The van der Waals surface area contributed by atoms with Gasteiger partial charge in [0.05, 0.1) is 0 Å². The lowest BCUT2D eigenvalue weighted by molar-refractivity contribution is 0.626. The van der Waals surface area contributed by atoms with Gasteiger partial charge in [-0.05, 0) is 24.6 Å². The molecule has 0 aliphatic rings. The lowest BCUT2D eigenvalue weighted by Crippen LogP contribution is -2.03. The first kappa shape index (κ1) is 11.8. The fraction of sp³-hybridized carbons (Fsp3) is 0.167. The van der Waals surface area contributed by atoms with Crippen molar-refractivity contribution in [2.75, 3.05) is 5.32 Å². The second kappa shape index (κ2) is 5.10. The molecule has 0 aliphatic heterocycles. The van der Waals surface area contributed by atoms with Gasteiger partial charge in [0.15, 0.2) is 0 Å². The number of rotatable bonds is 3. The lowest BCUT2D eigenvalue weighted by Gasteiger charge is -2.06. The number of hydrogen-bond donors (Lipinski definition) is 1. The molecule has 0 unspecified atom stereocenters. The summed E-state index contributed by atoms with van der Waals surface area (Å²) in [4.78, 5) is 8.13. The van der Waals surface area contributed by atoms with E-state index in [0.717, 1.165) is 5.56 Å². The molecule has 3 nitrogen and oxygen atoms in total. The van der Waals surface area contributed by atoms with Gasteiger partial charge in [-0.1, -0.05) is 23.7 Å². The summed E-state index contributed by atoms with van der Waals surface area (Å²) < 4.78 is 12.9. The number of benzene rings is 1. The Hall–Kier alpha value is -1.68. The highest BCUT2D eigenvalue weighted by Gasteiger charge is 2.00. The van der Waals surface area contributed by atoms with Gasteiger partial charge in [0.1, 0.15) is 22.6 Å². The Labute approximate surface area is 104 Å². The molecule has 0 saturated carbocycles. The molecule has 1 heterocycles. The van der Waals surface area contributed by atoms with Crippen LogP contribution in [-0.2, 0) is 6.54 Å². The minimum atomic E-state index is -0.249. The van der Waals surface area contributed by atoms with Gasteiger partial charge in [0.25, 0.3) is 0 Å². The second-order valence-electron chi connectivity index (χ2n) is 3.61. The molecule has 0 radical (unpaired) electrons. The summed E-state index contributed by atoms with van der Waals surface area (Å²) in [6.07, 6.45) is 0. The summed E-state index contributed by atoms with van der Waals surface area (Å²) in [7, 11) is 0. The predicted octanol–water partition coefficient (Wildman–Crippen LogP) is 3.19. The van der Waals surface area contributed by atoms with E-state index in [4.69, 9.17) is 11.6 Å². The van der Waals surface area contributed by atoms with Gasteiger partial charge in [0, 0.05) is 12.6 Å². The van der Waals surface area contributed by atoms with E-state index in [1.54, 1.807) is 19.1 Å². The molecular formula is C12H11ClFN3. The molecule has 0 saturated heterocycles. The number of halogens is 2. The van der Waals surface area contributed by atoms with Crippen molar-refractivity contribution in [1.29, 1.82) is 0 Å². The van der Waals surface area contributed by atoms with Crippen LogP contribution in [0, 0.1) is 12.7 Å². The molecule has 17 heavy (non-hydrogen) atoms. The summed E-state index contributed by atoms with van der Waals surface area (Å²) in [5, 5.41) is 3.46. The predicted molar refractivity (Wildman–Crippen MR) is 65.5 cm³/mol. The maximum absolute atomic E-state index is 12.9. The van der Waals surface area contributed by atoms with Crippen LogP contribution in [0.15, 0.2) is 30.3 Å². The van der Waals surface area contributed by atoms with E-state index in [1.807, 2.05) is 6.07 Å². The molecule has 0 spiro atoms. The Balaban J connectivity index is 2.07. The fourth-order valence-electron chi connectivity index (χ4n) is 1.46. The number of hydrogen-bond acceptors (Lipinski definition) is 3. The Morgan fingerprint density at radius 1 is 1.29 bits per heavy atom. The standard InChI is InChI=1S/C12H11ClFN3/c1-8-16-11(13)6-12(17-8)15-7-9-3-2-4-10(14)5-9/h2-6H,7H2,1H3,(H,15,16,17). The van der Waals surface area contributed by atoms with Crippen LogP contribution in [0.4, 0.5) is 10.2 Å². The van der Waals surface area contributed by atoms with Crippen molar-refractivity contribution < 1.29 is 4.39 Å². The van der Waals surface area contributed by atoms with Crippen molar-refractivity contribution in [3.63, 3.8) is 0 Å². The summed E-state index contributed by atoms with van der Waals surface area (Å²) in [6.45, 7) is 2.25. The number of aromatic nitrogens is 2. The Morgan fingerprint density at radius 3 is 2.82 bits per heavy atom. The van der Waals surface area contributed by atoms with Crippen LogP contribution in [0.2, 0.25) is 5.15 Å². The monoisotopic (exact) mass is 251 g/mol. The van der Waals surface area contributed by atoms with Crippen molar-refractivity contribution in [3.8, 4) is 0 Å². The molecule has 2 aromatic rings. The summed E-state index contributed by atoms with van der Waals surface area (Å²) in [5.74, 6) is 0.979. The minimum absolute atomic E-state index is 0.249. The quantitative estimate of drug-likeness (QED) is 0.852. The largest absolute Gasteiger partial charge is 0.366 e. The Morgan fingerprint density at radius 2 is 2.12 bits per heavy atom. The molecule has 1 aromatic heterocycles.